The minimum Gasteiger partial charge on any atom is -0.454 e. The number of furan rings is 1. The molecule has 9 aromatic carbocycles. The second-order valence-electron chi connectivity index (χ2n) is 17.2. The lowest BCUT2D eigenvalue weighted by Gasteiger charge is -2.37. The molecule has 0 fully saturated rings. The van der Waals surface area contributed by atoms with Crippen LogP contribution >= 0.6 is 0 Å². The van der Waals surface area contributed by atoms with E-state index in [-0.39, 0.29) is 0 Å². The number of aromatic nitrogens is 4. The van der Waals surface area contributed by atoms with Crippen LogP contribution in [0.1, 0.15) is 22.3 Å². The Kier molecular flexibility index (Phi) is 9.32. The monoisotopic (exact) mass is 868 g/mol. The van der Waals surface area contributed by atoms with Crippen molar-refractivity contribution in [3.8, 4) is 78.9 Å². The summed E-state index contributed by atoms with van der Waals surface area (Å²) < 4.78 is 7.58. The van der Waals surface area contributed by atoms with Crippen molar-refractivity contribution < 1.29 is 4.42 Å². The molecule has 3 heterocycles. The second kappa shape index (κ2) is 16.1. The van der Waals surface area contributed by atoms with Crippen molar-refractivity contribution >= 4 is 21.9 Å². The maximum Gasteiger partial charge on any atom is 0.164 e. The third-order valence-electron chi connectivity index (χ3n) is 13.4. The van der Waals surface area contributed by atoms with Crippen LogP contribution in [0.5, 0.6) is 0 Å². The highest BCUT2D eigenvalue weighted by Crippen LogP contribution is 2.57. The first-order valence-electron chi connectivity index (χ1n) is 23.0. The normalized spacial score (nSPS) is 12.5. The van der Waals surface area contributed by atoms with Crippen molar-refractivity contribution in [2.45, 2.75) is 5.41 Å². The van der Waals surface area contributed by atoms with Gasteiger partial charge in [0.05, 0.1) is 39.3 Å². The van der Waals surface area contributed by atoms with Crippen LogP contribution in [-0.4, -0.2) is 19.9 Å². The Morgan fingerprint density at radius 3 is 1.07 bits per heavy atom. The van der Waals surface area contributed by atoms with E-state index in [1.54, 1.807) is 0 Å². The predicted molar refractivity (Wildman–Crippen MR) is 275 cm³/mol. The lowest BCUT2D eigenvalue weighted by atomic mass is 9.63. The van der Waals surface area contributed by atoms with E-state index in [0.29, 0.717) is 22.8 Å². The van der Waals surface area contributed by atoms with Crippen LogP contribution in [0.2, 0.25) is 0 Å². The zero-order valence-corrected chi connectivity index (χ0v) is 36.8. The topological polar surface area (TPSA) is 64.7 Å². The van der Waals surface area contributed by atoms with Crippen LogP contribution in [0, 0.1) is 0 Å². The second-order valence-corrected chi connectivity index (χ2v) is 17.2. The Balaban J connectivity index is 1.19. The van der Waals surface area contributed by atoms with E-state index in [1.165, 1.54) is 5.56 Å². The van der Waals surface area contributed by atoms with Gasteiger partial charge in [-0.2, -0.15) is 0 Å². The Morgan fingerprint density at radius 1 is 0.279 bits per heavy atom. The SMILES string of the molecule is c1ccc(-c2cc(-c3ccccc3)nc(-c3ccc4c5c3oc3c(-c6nc(-c7ccccc7)cc(-c7ccccc7)n6)ccc(c35)C(c3ccccc3)(c3ccccc3)c3ccccc3-4)n2)cc1. The number of hydrogen-bond acceptors (Lipinski definition) is 5. The van der Waals surface area contributed by atoms with E-state index < -0.39 is 5.41 Å². The Morgan fingerprint density at radius 2 is 0.632 bits per heavy atom. The van der Waals surface area contributed by atoms with Gasteiger partial charge in [0.15, 0.2) is 11.6 Å². The first-order chi connectivity index (χ1) is 33.7. The maximum absolute atomic E-state index is 7.58. The fourth-order valence-corrected chi connectivity index (χ4v) is 10.4. The van der Waals surface area contributed by atoms with Gasteiger partial charge in [0, 0.05) is 33.0 Å². The molecule has 0 N–H and O–H groups in total. The summed E-state index contributed by atoms with van der Waals surface area (Å²) in [5, 5.41) is 1.99. The molecule has 68 heavy (non-hydrogen) atoms. The average Bonchev–Trinajstić information content (AvgIpc) is 3.79. The summed E-state index contributed by atoms with van der Waals surface area (Å²) in [7, 11) is 0. The van der Waals surface area contributed by atoms with E-state index in [9.17, 15) is 0 Å². The summed E-state index contributed by atoms with van der Waals surface area (Å²) in [4.78, 5) is 21.5. The Hall–Kier alpha value is -9.06. The molecule has 5 nitrogen and oxygen atoms in total. The molecule has 318 valence electrons. The van der Waals surface area contributed by atoms with E-state index in [4.69, 9.17) is 24.4 Å². The molecule has 3 aromatic heterocycles. The maximum atomic E-state index is 7.58. The molecule has 0 amide bonds. The highest BCUT2D eigenvalue weighted by molar-refractivity contribution is 6.21. The molecule has 0 unspecified atom stereocenters. The molecule has 1 aliphatic carbocycles. The van der Waals surface area contributed by atoms with Crippen molar-refractivity contribution in [1.82, 2.24) is 19.9 Å². The van der Waals surface area contributed by atoms with E-state index in [2.05, 4.69) is 170 Å². The first-order valence-corrected chi connectivity index (χ1v) is 23.0. The molecular formula is C63H40N4O. The van der Waals surface area contributed by atoms with E-state index in [1.807, 2.05) is 72.8 Å². The number of nitrogens with zero attached hydrogens (tertiary/aromatic N) is 4. The minimum atomic E-state index is -0.766. The van der Waals surface area contributed by atoms with Crippen LogP contribution in [0.15, 0.2) is 247 Å². The molecule has 0 radical (unpaired) electrons. The Bertz CT molecular complexity index is 3660. The standard InChI is InChI=1S/C63H40N4O/c1-7-21-41(22-8-1)53-39-54(42-23-9-2-10-24-42)65-61(64-53)49-36-35-48-47-33-19-20-34-51(47)63(45-29-15-5-16-30-45,46-31-17-6-18-32-46)52-38-37-50(60-58(52)57(48)59(49)68-60)62-66-55(43-25-11-3-12-26-43)40-56(67-62)44-27-13-4-14-28-44/h1-40H. The van der Waals surface area contributed by atoms with Gasteiger partial charge in [0.25, 0.3) is 0 Å². The largest absolute Gasteiger partial charge is 0.454 e. The van der Waals surface area contributed by atoms with Gasteiger partial charge >= 0.3 is 0 Å². The van der Waals surface area contributed by atoms with Crippen LogP contribution in [0.25, 0.3) is 101 Å². The first kappa shape index (κ1) is 39.3. The molecule has 0 spiro atoms. The van der Waals surface area contributed by atoms with Gasteiger partial charge in [-0.15, -0.1) is 0 Å². The van der Waals surface area contributed by atoms with Crippen LogP contribution < -0.4 is 0 Å². The van der Waals surface area contributed by atoms with Crippen molar-refractivity contribution in [2.24, 2.45) is 0 Å². The predicted octanol–water partition coefficient (Wildman–Crippen LogP) is 15.5. The van der Waals surface area contributed by atoms with Crippen LogP contribution in [0.3, 0.4) is 0 Å². The molecule has 0 saturated carbocycles. The summed E-state index contributed by atoms with van der Waals surface area (Å²) in [5.41, 5.74) is 16.3. The van der Waals surface area contributed by atoms with Crippen molar-refractivity contribution in [2.75, 3.05) is 0 Å². The van der Waals surface area contributed by atoms with Gasteiger partial charge in [-0.1, -0.05) is 218 Å². The highest BCUT2D eigenvalue weighted by Gasteiger charge is 2.44. The summed E-state index contributed by atoms with van der Waals surface area (Å²) in [6.45, 7) is 0. The molecule has 13 rings (SSSR count). The van der Waals surface area contributed by atoms with Gasteiger partial charge in [0.2, 0.25) is 0 Å². The number of benzene rings is 9. The molecule has 5 heteroatoms. The minimum absolute atomic E-state index is 0.569. The van der Waals surface area contributed by atoms with Crippen LogP contribution in [-0.2, 0) is 5.41 Å². The van der Waals surface area contributed by atoms with Gasteiger partial charge in [0.1, 0.15) is 11.2 Å². The molecular weight excluding hydrogens is 829 g/mol. The van der Waals surface area contributed by atoms with Crippen molar-refractivity contribution in [3.63, 3.8) is 0 Å². The molecule has 0 aliphatic heterocycles. The third kappa shape index (κ3) is 6.32. The quantitative estimate of drug-likeness (QED) is 0.152. The molecule has 0 saturated heterocycles. The fourth-order valence-electron chi connectivity index (χ4n) is 10.4. The molecule has 1 aliphatic rings. The zero-order chi connectivity index (χ0) is 45.0. The van der Waals surface area contributed by atoms with Gasteiger partial charge in [-0.05, 0) is 57.6 Å². The van der Waals surface area contributed by atoms with Crippen LogP contribution in [0.4, 0.5) is 0 Å². The summed E-state index contributed by atoms with van der Waals surface area (Å²) >= 11 is 0. The van der Waals surface area contributed by atoms with Gasteiger partial charge in [-0.3, -0.25) is 0 Å². The smallest absolute Gasteiger partial charge is 0.164 e. The number of rotatable bonds is 8. The van der Waals surface area contributed by atoms with Gasteiger partial charge < -0.3 is 4.42 Å². The molecule has 12 aromatic rings. The summed E-state index contributed by atoms with van der Waals surface area (Å²) in [6.07, 6.45) is 0. The average molecular weight is 869 g/mol. The van der Waals surface area contributed by atoms with E-state index >= 15 is 0 Å². The Labute approximate surface area is 393 Å². The van der Waals surface area contributed by atoms with Crippen molar-refractivity contribution in [3.05, 3.63) is 265 Å². The lowest BCUT2D eigenvalue weighted by molar-refractivity contribution is 0.668. The third-order valence-corrected chi connectivity index (χ3v) is 13.4. The summed E-state index contributed by atoms with van der Waals surface area (Å²) in [5.74, 6) is 1.14. The number of hydrogen-bond donors (Lipinski definition) is 0. The number of fused-ring (bicyclic) bond motifs is 2. The lowest BCUT2D eigenvalue weighted by Crippen LogP contribution is -2.31. The zero-order valence-electron chi connectivity index (χ0n) is 36.8. The van der Waals surface area contributed by atoms with E-state index in [0.717, 1.165) is 94.7 Å². The molecule has 0 bridgehead atoms. The van der Waals surface area contributed by atoms with Gasteiger partial charge in [-0.25, -0.2) is 19.9 Å². The van der Waals surface area contributed by atoms with Crippen molar-refractivity contribution in [1.29, 1.82) is 0 Å². The highest BCUT2D eigenvalue weighted by atomic mass is 16.3. The molecule has 0 atom stereocenters. The summed E-state index contributed by atoms with van der Waals surface area (Å²) in [6, 6.07) is 85.0. The fraction of sp³-hybridized carbons (Fsp3) is 0.0159.